The van der Waals surface area contributed by atoms with E-state index in [9.17, 15) is 19.8 Å². The lowest BCUT2D eigenvalue weighted by Crippen LogP contribution is -2.35. The number of aliphatic hydroxyl groups excluding tert-OH is 3. The number of ether oxygens (including phenoxy) is 1. The number of nitrogens with zero attached hydrogens (tertiary/aromatic N) is 2. The average Bonchev–Trinajstić information content (AvgIpc) is 2.89. The molecule has 11 heteroatoms. The number of imidazole rings is 1. The average molecular weight is 299 g/mol. The molecule has 4 atom stereocenters. The van der Waals surface area contributed by atoms with Gasteiger partial charge in [-0.2, -0.15) is 4.98 Å². The van der Waals surface area contributed by atoms with E-state index in [-0.39, 0.29) is 17.1 Å². The Labute approximate surface area is 115 Å². The van der Waals surface area contributed by atoms with Gasteiger partial charge in [-0.25, -0.2) is 9.36 Å². The SMILES string of the molecule is Nc1nc2c([nH]c(=O)n2[C@@H]2O[C@H](CO)C(O)C2O)c(=O)[nH]1. The van der Waals surface area contributed by atoms with Crippen LogP contribution in [0, 0.1) is 0 Å². The smallest absolute Gasteiger partial charge is 0.330 e. The zero-order chi connectivity index (χ0) is 15.3. The van der Waals surface area contributed by atoms with E-state index in [2.05, 4.69) is 15.0 Å². The lowest BCUT2D eigenvalue weighted by atomic mass is 10.1. The number of hydrogen-bond donors (Lipinski definition) is 6. The Balaban J connectivity index is 2.20. The number of aromatic nitrogens is 4. The number of rotatable bonds is 2. The van der Waals surface area contributed by atoms with Gasteiger partial charge in [0.15, 0.2) is 17.4 Å². The molecule has 0 bridgehead atoms. The largest absolute Gasteiger partial charge is 0.394 e. The summed E-state index contributed by atoms with van der Waals surface area (Å²) in [5.74, 6) is -0.216. The fraction of sp³-hybridized carbons (Fsp3) is 0.500. The molecule has 0 aliphatic carbocycles. The van der Waals surface area contributed by atoms with Gasteiger partial charge in [-0.15, -0.1) is 0 Å². The third-order valence-electron chi connectivity index (χ3n) is 3.37. The Morgan fingerprint density at radius 1 is 1.29 bits per heavy atom. The van der Waals surface area contributed by atoms with Crippen molar-refractivity contribution in [1.82, 2.24) is 19.5 Å². The Morgan fingerprint density at radius 2 is 2.00 bits per heavy atom. The Bertz CT molecular complexity index is 793. The van der Waals surface area contributed by atoms with Crippen LogP contribution in [0.5, 0.6) is 0 Å². The number of fused-ring (bicyclic) bond motifs is 1. The van der Waals surface area contributed by atoms with E-state index in [1.54, 1.807) is 0 Å². The minimum absolute atomic E-state index is 0.115. The predicted molar refractivity (Wildman–Crippen MR) is 68.4 cm³/mol. The quantitative estimate of drug-likeness (QED) is 0.332. The zero-order valence-electron chi connectivity index (χ0n) is 10.6. The molecule has 0 radical (unpaired) electrons. The Kier molecular flexibility index (Phi) is 3.06. The van der Waals surface area contributed by atoms with Gasteiger partial charge >= 0.3 is 5.69 Å². The van der Waals surface area contributed by atoms with Gasteiger partial charge in [-0.1, -0.05) is 0 Å². The van der Waals surface area contributed by atoms with Crippen LogP contribution in [0.3, 0.4) is 0 Å². The highest BCUT2D eigenvalue weighted by molar-refractivity contribution is 5.70. The van der Waals surface area contributed by atoms with Gasteiger partial charge < -0.3 is 25.8 Å². The second kappa shape index (κ2) is 4.66. The summed E-state index contributed by atoms with van der Waals surface area (Å²) in [6, 6.07) is 0. The van der Waals surface area contributed by atoms with E-state index in [1.165, 1.54) is 0 Å². The zero-order valence-corrected chi connectivity index (χ0v) is 10.6. The molecular formula is C10H13N5O6. The first kappa shape index (κ1) is 13.8. The molecule has 1 fully saturated rings. The van der Waals surface area contributed by atoms with Crippen molar-refractivity contribution in [3.63, 3.8) is 0 Å². The van der Waals surface area contributed by atoms with Crippen molar-refractivity contribution in [3.8, 4) is 0 Å². The van der Waals surface area contributed by atoms with Crippen molar-refractivity contribution >= 4 is 17.1 Å². The number of aliphatic hydroxyl groups is 3. The molecule has 0 aromatic carbocycles. The molecule has 2 aromatic rings. The third-order valence-corrected chi connectivity index (χ3v) is 3.37. The van der Waals surface area contributed by atoms with E-state index in [4.69, 9.17) is 15.6 Å². The van der Waals surface area contributed by atoms with E-state index in [0.29, 0.717) is 0 Å². The summed E-state index contributed by atoms with van der Waals surface area (Å²) in [5.41, 5.74) is 3.77. The van der Waals surface area contributed by atoms with Crippen molar-refractivity contribution in [2.45, 2.75) is 24.5 Å². The van der Waals surface area contributed by atoms with E-state index in [1.807, 2.05) is 0 Å². The highest BCUT2D eigenvalue weighted by Crippen LogP contribution is 2.29. The van der Waals surface area contributed by atoms with Crippen molar-refractivity contribution in [1.29, 1.82) is 0 Å². The van der Waals surface area contributed by atoms with E-state index < -0.39 is 42.4 Å². The number of hydrogen-bond acceptors (Lipinski definition) is 8. The van der Waals surface area contributed by atoms with Crippen LogP contribution in [0.15, 0.2) is 9.59 Å². The molecule has 3 rings (SSSR count). The number of nitrogens with one attached hydrogen (secondary N) is 2. The molecule has 2 unspecified atom stereocenters. The molecule has 1 aliphatic heterocycles. The first-order chi connectivity index (χ1) is 9.93. The highest BCUT2D eigenvalue weighted by atomic mass is 16.6. The maximum atomic E-state index is 12.0. The molecule has 0 amide bonds. The van der Waals surface area contributed by atoms with Crippen molar-refractivity contribution in [2.24, 2.45) is 0 Å². The molecular weight excluding hydrogens is 286 g/mol. The molecule has 2 aromatic heterocycles. The third kappa shape index (κ3) is 1.94. The van der Waals surface area contributed by atoms with Crippen LogP contribution in [-0.2, 0) is 4.74 Å². The molecule has 1 aliphatic rings. The lowest BCUT2D eigenvalue weighted by Gasteiger charge is -2.15. The summed E-state index contributed by atoms with van der Waals surface area (Å²) in [4.78, 5) is 32.0. The number of anilines is 1. The molecule has 0 saturated carbocycles. The Morgan fingerprint density at radius 3 is 2.62 bits per heavy atom. The van der Waals surface area contributed by atoms with Crippen LogP contribution >= 0.6 is 0 Å². The second-order valence-electron chi connectivity index (χ2n) is 4.68. The molecule has 11 nitrogen and oxygen atoms in total. The number of aromatic amines is 2. The van der Waals surface area contributed by atoms with Crippen LogP contribution in [0.4, 0.5) is 5.95 Å². The summed E-state index contributed by atoms with van der Waals surface area (Å²) in [6.45, 7) is -0.540. The van der Waals surface area contributed by atoms with Crippen LogP contribution < -0.4 is 17.0 Å². The summed E-state index contributed by atoms with van der Waals surface area (Å²) >= 11 is 0. The standard InChI is InChI=1S/C10H13N5O6/c11-9-13-6-3(7(19)14-9)12-10(20)15(6)8-5(18)4(17)2(1-16)21-8/h2,4-5,8,16-18H,1H2,(H,12,20)(H3,11,13,14,19)/t2-,4?,5?,8-/m1/s1. The fourth-order valence-corrected chi connectivity index (χ4v) is 2.36. The van der Waals surface area contributed by atoms with Gasteiger partial charge in [-0.3, -0.25) is 14.8 Å². The summed E-state index contributed by atoms with van der Waals surface area (Å²) in [7, 11) is 0. The lowest BCUT2D eigenvalue weighted by molar-refractivity contribution is -0.0524. The molecule has 1 saturated heterocycles. The van der Waals surface area contributed by atoms with E-state index >= 15 is 0 Å². The Hall–Kier alpha value is -2.21. The van der Waals surface area contributed by atoms with E-state index in [0.717, 1.165) is 4.57 Å². The van der Waals surface area contributed by atoms with Crippen molar-refractivity contribution < 1.29 is 20.1 Å². The van der Waals surface area contributed by atoms with Gasteiger partial charge in [0.2, 0.25) is 5.95 Å². The van der Waals surface area contributed by atoms with Gasteiger partial charge in [-0.05, 0) is 0 Å². The van der Waals surface area contributed by atoms with Crippen LogP contribution in [0.2, 0.25) is 0 Å². The molecule has 0 spiro atoms. The van der Waals surface area contributed by atoms with Gasteiger partial charge in [0, 0.05) is 0 Å². The van der Waals surface area contributed by atoms with Gasteiger partial charge in [0.1, 0.15) is 18.3 Å². The van der Waals surface area contributed by atoms with Crippen molar-refractivity contribution in [3.05, 3.63) is 20.8 Å². The van der Waals surface area contributed by atoms with Gasteiger partial charge in [0.25, 0.3) is 5.56 Å². The first-order valence-electron chi connectivity index (χ1n) is 6.06. The molecule has 3 heterocycles. The normalized spacial score (nSPS) is 29.3. The molecule has 7 N–H and O–H groups in total. The van der Waals surface area contributed by atoms with Crippen molar-refractivity contribution in [2.75, 3.05) is 12.3 Å². The highest BCUT2D eigenvalue weighted by Gasteiger charge is 2.44. The number of H-pyrrole nitrogens is 2. The second-order valence-corrected chi connectivity index (χ2v) is 4.68. The van der Waals surface area contributed by atoms with Crippen LogP contribution in [0.1, 0.15) is 6.23 Å². The van der Waals surface area contributed by atoms with Crippen LogP contribution in [0.25, 0.3) is 11.2 Å². The maximum Gasteiger partial charge on any atom is 0.330 e. The first-order valence-corrected chi connectivity index (χ1v) is 6.06. The summed E-state index contributed by atoms with van der Waals surface area (Å²) in [6.07, 6.45) is -5.20. The predicted octanol–water partition coefficient (Wildman–Crippen LogP) is -3.39. The molecule has 21 heavy (non-hydrogen) atoms. The summed E-state index contributed by atoms with van der Waals surface area (Å²) < 4.78 is 6.13. The number of nitrogen functional groups attached to an aromatic ring is 1. The minimum Gasteiger partial charge on any atom is -0.394 e. The minimum atomic E-state index is -1.47. The van der Waals surface area contributed by atoms with Gasteiger partial charge in [0.05, 0.1) is 6.61 Å². The molecule has 114 valence electrons. The monoisotopic (exact) mass is 299 g/mol. The maximum absolute atomic E-state index is 12.0. The van der Waals surface area contributed by atoms with Crippen LogP contribution in [-0.4, -0.2) is 59.8 Å². The summed E-state index contributed by atoms with van der Waals surface area (Å²) in [5, 5.41) is 28.7. The fourth-order valence-electron chi connectivity index (χ4n) is 2.36. The number of nitrogens with two attached hydrogens (primary N) is 1. The topological polar surface area (TPSA) is 179 Å².